The van der Waals surface area contributed by atoms with E-state index in [0.29, 0.717) is 30.3 Å². The summed E-state index contributed by atoms with van der Waals surface area (Å²) in [5.74, 6) is -1.27. The molecule has 0 radical (unpaired) electrons. The van der Waals surface area contributed by atoms with Crippen molar-refractivity contribution in [1.29, 1.82) is 0 Å². The number of benzene rings is 1. The highest BCUT2D eigenvalue weighted by atomic mass is 35.5. The first-order chi connectivity index (χ1) is 13.9. The van der Waals surface area contributed by atoms with Gasteiger partial charge in [-0.15, -0.1) is 0 Å². The third-order valence-corrected chi connectivity index (χ3v) is 5.32. The standard InChI is InChI=1S/C19H22ClN3O5S/c20-13-5-3-12(4-6-13)17(25)22-19(29)23-8-7-21-18(26)15(23)10-16(24)28-11-14-2-1-9-27-14/h3-6,14-15H,1-2,7-11H2,(H,21,26)(H,22,25,29). The van der Waals surface area contributed by atoms with Gasteiger partial charge in [-0.05, 0) is 49.3 Å². The van der Waals surface area contributed by atoms with Crippen molar-refractivity contribution in [1.82, 2.24) is 15.5 Å². The van der Waals surface area contributed by atoms with E-state index in [9.17, 15) is 14.4 Å². The van der Waals surface area contributed by atoms with Crippen LogP contribution in [0.15, 0.2) is 24.3 Å². The van der Waals surface area contributed by atoms with Crippen LogP contribution in [-0.2, 0) is 19.1 Å². The molecular formula is C19H22ClN3O5S. The average molecular weight is 440 g/mol. The minimum atomic E-state index is -0.848. The summed E-state index contributed by atoms with van der Waals surface area (Å²) < 4.78 is 10.7. The summed E-state index contributed by atoms with van der Waals surface area (Å²) >= 11 is 11.2. The smallest absolute Gasteiger partial charge is 0.308 e. The number of thiocarbonyl (C=S) groups is 1. The molecule has 3 rings (SSSR count). The summed E-state index contributed by atoms with van der Waals surface area (Å²) in [7, 11) is 0. The lowest BCUT2D eigenvalue weighted by Crippen LogP contribution is -2.60. The zero-order valence-corrected chi connectivity index (χ0v) is 17.3. The molecule has 0 aromatic heterocycles. The van der Waals surface area contributed by atoms with Crippen molar-refractivity contribution in [3.63, 3.8) is 0 Å². The van der Waals surface area contributed by atoms with Gasteiger partial charge < -0.3 is 19.7 Å². The summed E-state index contributed by atoms with van der Waals surface area (Å²) in [6.07, 6.45) is 1.54. The molecule has 1 aromatic rings. The van der Waals surface area contributed by atoms with E-state index in [-0.39, 0.29) is 30.2 Å². The third kappa shape index (κ3) is 5.88. The van der Waals surface area contributed by atoms with E-state index in [1.807, 2.05) is 0 Å². The SMILES string of the molecule is O=C(CC1C(=O)NCCN1C(=S)NC(=O)c1ccc(Cl)cc1)OCC1CCCO1. The van der Waals surface area contributed by atoms with Crippen molar-refractivity contribution in [2.45, 2.75) is 31.4 Å². The Labute approximate surface area is 178 Å². The number of amides is 2. The second kappa shape index (κ2) is 10.00. The van der Waals surface area contributed by atoms with E-state index < -0.39 is 17.9 Å². The minimum absolute atomic E-state index is 0.0803. The normalized spacial score (nSPS) is 21.4. The number of esters is 1. The number of rotatable bonds is 5. The quantitative estimate of drug-likeness (QED) is 0.526. The molecule has 0 bridgehead atoms. The van der Waals surface area contributed by atoms with Crippen molar-refractivity contribution in [3.8, 4) is 0 Å². The Balaban J connectivity index is 1.58. The number of piperazine rings is 1. The van der Waals surface area contributed by atoms with E-state index >= 15 is 0 Å². The summed E-state index contributed by atoms with van der Waals surface area (Å²) in [4.78, 5) is 38.5. The molecule has 0 spiro atoms. The Hall–Kier alpha value is -2.23. The number of hydrogen-bond donors (Lipinski definition) is 2. The maximum Gasteiger partial charge on any atom is 0.308 e. The summed E-state index contributed by atoms with van der Waals surface area (Å²) in [5, 5.41) is 5.91. The molecule has 2 unspecified atom stereocenters. The average Bonchev–Trinajstić information content (AvgIpc) is 3.22. The molecule has 1 aromatic carbocycles. The molecule has 0 saturated carbocycles. The second-order valence-corrected chi connectivity index (χ2v) is 7.61. The number of nitrogens with one attached hydrogen (secondary N) is 2. The van der Waals surface area contributed by atoms with Gasteiger partial charge in [0.1, 0.15) is 12.6 Å². The summed E-state index contributed by atoms with van der Waals surface area (Å²) in [6, 6.07) is 5.49. The van der Waals surface area contributed by atoms with Crippen molar-refractivity contribution >= 4 is 46.7 Å². The fraction of sp³-hybridized carbons (Fsp3) is 0.474. The predicted octanol–water partition coefficient (Wildman–Crippen LogP) is 1.27. The van der Waals surface area contributed by atoms with E-state index in [4.69, 9.17) is 33.3 Å². The number of carbonyl (C=O) groups is 3. The molecule has 2 fully saturated rings. The van der Waals surface area contributed by atoms with Gasteiger partial charge in [0.2, 0.25) is 5.91 Å². The monoisotopic (exact) mass is 439 g/mol. The molecule has 29 heavy (non-hydrogen) atoms. The van der Waals surface area contributed by atoms with Gasteiger partial charge >= 0.3 is 5.97 Å². The highest BCUT2D eigenvalue weighted by Crippen LogP contribution is 2.15. The number of hydrogen-bond acceptors (Lipinski definition) is 6. The molecule has 2 aliphatic heterocycles. The highest BCUT2D eigenvalue weighted by Gasteiger charge is 2.34. The predicted molar refractivity (Wildman–Crippen MR) is 110 cm³/mol. The van der Waals surface area contributed by atoms with E-state index in [2.05, 4.69) is 10.6 Å². The Morgan fingerprint density at radius 2 is 2.10 bits per heavy atom. The first kappa shape index (κ1) is 21.5. The van der Waals surface area contributed by atoms with Crippen molar-refractivity contribution in [2.24, 2.45) is 0 Å². The largest absolute Gasteiger partial charge is 0.463 e. The zero-order valence-electron chi connectivity index (χ0n) is 15.7. The Kier molecular flexibility index (Phi) is 7.40. The molecule has 10 heteroatoms. The molecule has 8 nitrogen and oxygen atoms in total. The van der Waals surface area contributed by atoms with Crippen LogP contribution in [0.25, 0.3) is 0 Å². The molecule has 2 N–H and O–H groups in total. The Morgan fingerprint density at radius 3 is 2.79 bits per heavy atom. The van der Waals surface area contributed by atoms with Crippen LogP contribution in [0.4, 0.5) is 0 Å². The molecule has 2 saturated heterocycles. The van der Waals surface area contributed by atoms with E-state index in [1.54, 1.807) is 24.3 Å². The Bertz CT molecular complexity index is 783. The maximum atomic E-state index is 12.4. The van der Waals surface area contributed by atoms with Crippen LogP contribution >= 0.6 is 23.8 Å². The number of carbonyl (C=O) groups excluding carboxylic acids is 3. The van der Waals surface area contributed by atoms with E-state index in [1.165, 1.54) is 4.90 Å². The van der Waals surface area contributed by atoms with Crippen LogP contribution < -0.4 is 10.6 Å². The molecular weight excluding hydrogens is 418 g/mol. The van der Waals surface area contributed by atoms with Gasteiger partial charge in [0, 0.05) is 30.3 Å². The lowest BCUT2D eigenvalue weighted by atomic mass is 10.1. The summed E-state index contributed by atoms with van der Waals surface area (Å²) in [6.45, 7) is 1.57. The first-order valence-corrected chi connectivity index (χ1v) is 10.1. The van der Waals surface area contributed by atoms with Crippen LogP contribution in [0, 0.1) is 0 Å². The fourth-order valence-electron chi connectivity index (χ4n) is 3.18. The summed E-state index contributed by atoms with van der Waals surface area (Å²) in [5.41, 5.74) is 0.380. The number of ether oxygens (including phenoxy) is 2. The fourth-order valence-corrected chi connectivity index (χ4v) is 3.62. The lowest BCUT2D eigenvalue weighted by Gasteiger charge is -2.36. The van der Waals surface area contributed by atoms with Gasteiger partial charge in [0.05, 0.1) is 12.5 Å². The van der Waals surface area contributed by atoms with Gasteiger partial charge in [-0.1, -0.05) is 11.6 Å². The molecule has 2 heterocycles. The maximum absolute atomic E-state index is 12.4. The van der Waals surface area contributed by atoms with Crippen LogP contribution in [0.3, 0.4) is 0 Å². The number of halogens is 1. The molecule has 156 valence electrons. The molecule has 0 aliphatic carbocycles. The van der Waals surface area contributed by atoms with Crippen LogP contribution in [0.1, 0.15) is 29.6 Å². The Morgan fingerprint density at radius 1 is 1.34 bits per heavy atom. The minimum Gasteiger partial charge on any atom is -0.463 e. The first-order valence-electron chi connectivity index (χ1n) is 9.36. The van der Waals surface area contributed by atoms with Gasteiger partial charge in [-0.25, -0.2) is 0 Å². The zero-order chi connectivity index (χ0) is 20.8. The van der Waals surface area contributed by atoms with Crippen LogP contribution in [0.5, 0.6) is 0 Å². The molecule has 2 amide bonds. The van der Waals surface area contributed by atoms with E-state index in [0.717, 1.165) is 12.8 Å². The van der Waals surface area contributed by atoms with Crippen LogP contribution in [-0.4, -0.2) is 66.2 Å². The van der Waals surface area contributed by atoms with Crippen molar-refractivity contribution in [3.05, 3.63) is 34.9 Å². The van der Waals surface area contributed by atoms with Gasteiger partial charge in [0.15, 0.2) is 5.11 Å². The topological polar surface area (TPSA) is 97.0 Å². The van der Waals surface area contributed by atoms with Gasteiger partial charge in [-0.3, -0.25) is 19.7 Å². The molecule has 2 atom stereocenters. The van der Waals surface area contributed by atoms with Gasteiger partial charge in [0.25, 0.3) is 5.91 Å². The molecule has 2 aliphatic rings. The third-order valence-electron chi connectivity index (χ3n) is 4.73. The van der Waals surface area contributed by atoms with Crippen molar-refractivity contribution < 1.29 is 23.9 Å². The van der Waals surface area contributed by atoms with Gasteiger partial charge in [-0.2, -0.15) is 0 Å². The highest BCUT2D eigenvalue weighted by molar-refractivity contribution is 7.80. The second-order valence-electron chi connectivity index (χ2n) is 6.79. The van der Waals surface area contributed by atoms with Crippen molar-refractivity contribution in [2.75, 3.05) is 26.3 Å². The number of nitrogens with zero attached hydrogens (tertiary/aromatic N) is 1. The van der Waals surface area contributed by atoms with Crippen LogP contribution in [0.2, 0.25) is 5.02 Å². The lowest BCUT2D eigenvalue weighted by molar-refractivity contribution is -0.150.